The standard InChI is InChI=1S/C23H25ClFN3O2.ClH/c1-29-22-14-17-19(27-20-6-5-16(24)13-18(20)25)7-8-26-21(17)15-23(22)30-12-4-11-28-9-2-3-10-28;/h5-8,13-15H,2-4,9-12H2,1H3,(H,26,27);1H. The van der Waals surface area contributed by atoms with E-state index in [1.54, 1.807) is 31.5 Å². The second kappa shape index (κ2) is 10.8. The fraction of sp³-hybridized carbons (Fsp3) is 0.348. The Balaban J connectivity index is 0.00000272. The third kappa shape index (κ3) is 5.70. The van der Waals surface area contributed by atoms with E-state index >= 15 is 0 Å². The van der Waals surface area contributed by atoms with Crippen molar-refractivity contribution in [1.29, 1.82) is 0 Å². The summed E-state index contributed by atoms with van der Waals surface area (Å²) in [5.41, 5.74) is 1.80. The fourth-order valence-electron chi connectivity index (χ4n) is 3.75. The lowest BCUT2D eigenvalue weighted by atomic mass is 10.1. The normalized spacial score (nSPS) is 13.8. The van der Waals surface area contributed by atoms with Gasteiger partial charge in [-0.05, 0) is 62.7 Å². The summed E-state index contributed by atoms with van der Waals surface area (Å²) in [6, 6.07) is 10.1. The van der Waals surface area contributed by atoms with Crippen LogP contribution in [0.2, 0.25) is 5.02 Å². The van der Waals surface area contributed by atoms with E-state index in [4.69, 9.17) is 21.1 Å². The van der Waals surface area contributed by atoms with Gasteiger partial charge in [-0.15, -0.1) is 12.4 Å². The lowest BCUT2D eigenvalue weighted by Gasteiger charge is -2.16. The van der Waals surface area contributed by atoms with E-state index in [2.05, 4.69) is 15.2 Å². The molecule has 0 saturated carbocycles. The number of likely N-dealkylation sites (tertiary alicyclic amines) is 1. The molecular formula is C23H26Cl2FN3O2. The van der Waals surface area contributed by atoms with Gasteiger partial charge >= 0.3 is 0 Å². The van der Waals surface area contributed by atoms with Gasteiger partial charge in [0.1, 0.15) is 5.82 Å². The highest BCUT2D eigenvalue weighted by molar-refractivity contribution is 6.30. The van der Waals surface area contributed by atoms with Crippen molar-refractivity contribution in [2.75, 3.05) is 38.7 Å². The van der Waals surface area contributed by atoms with Crippen LogP contribution in [-0.2, 0) is 0 Å². The molecule has 31 heavy (non-hydrogen) atoms. The number of anilines is 2. The Morgan fingerprint density at radius 3 is 2.65 bits per heavy atom. The van der Waals surface area contributed by atoms with Crippen LogP contribution in [0.5, 0.6) is 11.5 Å². The number of benzene rings is 2. The monoisotopic (exact) mass is 465 g/mol. The first-order valence-electron chi connectivity index (χ1n) is 10.2. The summed E-state index contributed by atoms with van der Waals surface area (Å²) in [5.74, 6) is 0.863. The van der Waals surface area contributed by atoms with Gasteiger partial charge in [-0.2, -0.15) is 0 Å². The molecule has 1 aliphatic rings. The molecule has 0 atom stereocenters. The Hall–Kier alpha value is -2.28. The number of hydrogen-bond donors (Lipinski definition) is 1. The Labute approximate surface area is 192 Å². The SMILES string of the molecule is COc1cc2c(Nc3ccc(Cl)cc3F)ccnc2cc1OCCCN1CCCC1.Cl. The van der Waals surface area contributed by atoms with Crippen LogP contribution in [0, 0.1) is 5.82 Å². The number of methoxy groups -OCH3 is 1. The number of rotatable bonds is 8. The highest BCUT2D eigenvalue weighted by Gasteiger charge is 2.14. The fourth-order valence-corrected chi connectivity index (χ4v) is 3.91. The van der Waals surface area contributed by atoms with E-state index in [9.17, 15) is 4.39 Å². The smallest absolute Gasteiger partial charge is 0.163 e. The highest BCUT2D eigenvalue weighted by atomic mass is 35.5. The maximum Gasteiger partial charge on any atom is 0.163 e. The molecule has 2 heterocycles. The van der Waals surface area contributed by atoms with E-state index < -0.39 is 5.82 Å². The Morgan fingerprint density at radius 1 is 1.10 bits per heavy atom. The molecule has 1 N–H and O–H groups in total. The molecule has 1 saturated heterocycles. The molecule has 0 amide bonds. The molecule has 0 spiro atoms. The summed E-state index contributed by atoms with van der Waals surface area (Å²) in [6.07, 6.45) is 5.23. The number of halogens is 3. The predicted molar refractivity (Wildman–Crippen MR) is 126 cm³/mol. The number of nitrogens with zero attached hydrogens (tertiary/aromatic N) is 2. The Kier molecular flexibility index (Phi) is 8.18. The molecular weight excluding hydrogens is 440 g/mol. The van der Waals surface area contributed by atoms with Crippen molar-refractivity contribution in [2.45, 2.75) is 19.3 Å². The molecule has 8 heteroatoms. The summed E-state index contributed by atoms with van der Waals surface area (Å²) in [4.78, 5) is 6.92. The Bertz CT molecular complexity index is 1030. The second-order valence-electron chi connectivity index (χ2n) is 7.38. The zero-order chi connectivity index (χ0) is 20.9. The largest absolute Gasteiger partial charge is 0.493 e. The van der Waals surface area contributed by atoms with Crippen LogP contribution in [0.25, 0.3) is 10.9 Å². The zero-order valence-corrected chi connectivity index (χ0v) is 18.9. The number of ether oxygens (including phenoxy) is 2. The van der Waals surface area contributed by atoms with Gasteiger partial charge in [-0.1, -0.05) is 11.6 Å². The number of nitrogens with one attached hydrogen (secondary N) is 1. The molecule has 5 nitrogen and oxygen atoms in total. The Morgan fingerprint density at radius 2 is 1.90 bits per heavy atom. The number of hydrogen-bond acceptors (Lipinski definition) is 5. The summed E-state index contributed by atoms with van der Waals surface area (Å²) in [6.45, 7) is 4.04. The van der Waals surface area contributed by atoms with E-state index in [1.165, 1.54) is 32.0 Å². The van der Waals surface area contributed by atoms with Crippen molar-refractivity contribution < 1.29 is 13.9 Å². The molecule has 1 aromatic heterocycles. The number of fused-ring (bicyclic) bond motifs is 1. The van der Waals surface area contributed by atoms with Crippen molar-refractivity contribution in [1.82, 2.24) is 9.88 Å². The van der Waals surface area contributed by atoms with Gasteiger partial charge in [0.2, 0.25) is 0 Å². The second-order valence-corrected chi connectivity index (χ2v) is 7.82. The number of pyridine rings is 1. The summed E-state index contributed by atoms with van der Waals surface area (Å²) < 4.78 is 25.8. The molecule has 0 bridgehead atoms. The zero-order valence-electron chi connectivity index (χ0n) is 17.4. The van der Waals surface area contributed by atoms with E-state index in [0.717, 1.165) is 29.6 Å². The molecule has 0 unspecified atom stereocenters. The average Bonchev–Trinajstić information content (AvgIpc) is 3.26. The van der Waals surface area contributed by atoms with Crippen LogP contribution >= 0.6 is 24.0 Å². The van der Waals surface area contributed by atoms with Crippen LogP contribution in [-0.4, -0.2) is 43.2 Å². The molecule has 1 fully saturated rings. The molecule has 2 aromatic carbocycles. The molecule has 1 aliphatic heterocycles. The first kappa shape index (κ1) is 23.4. The third-order valence-corrected chi connectivity index (χ3v) is 5.54. The van der Waals surface area contributed by atoms with Gasteiger partial charge in [-0.3, -0.25) is 4.98 Å². The average molecular weight is 466 g/mol. The molecule has 3 aromatic rings. The minimum atomic E-state index is -0.419. The first-order chi connectivity index (χ1) is 14.6. The van der Waals surface area contributed by atoms with Crippen molar-refractivity contribution in [3.63, 3.8) is 0 Å². The van der Waals surface area contributed by atoms with Crippen molar-refractivity contribution in [3.8, 4) is 11.5 Å². The van der Waals surface area contributed by atoms with E-state index in [1.807, 2.05) is 12.1 Å². The van der Waals surface area contributed by atoms with Crippen molar-refractivity contribution in [2.24, 2.45) is 0 Å². The lowest BCUT2D eigenvalue weighted by molar-refractivity contribution is 0.254. The van der Waals surface area contributed by atoms with Gasteiger partial charge in [0, 0.05) is 34.9 Å². The van der Waals surface area contributed by atoms with Crippen molar-refractivity contribution >= 4 is 46.3 Å². The van der Waals surface area contributed by atoms with Gasteiger partial charge in [0.25, 0.3) is 0 Å². The molecule has 166 valence electrons. The van der Waals surface area contributed by atoms with Crippen LogP contribution in [0.3, 0.4) is 0 Å². The minimum absolute atomic E-state index is 0. The van der Waals surface area contributed by atoms with Crippen LogP contribution in [0.15, 0.2) is 42.6 Å². The maximum atomic E-state index is 14.2. The van der Waals surface area contributed by atoms with E-state index in [-0.39, 0.29) is 12.4 Å². The molecule has 0 radical (unpaired) electrons. The predicted octanol–water partition coefficient (Wildman–Crippen LogP) is 6.07. The van der Waals surface area contributed by atoms with E-state index in [0.29, 0.717) is 28.8 Å². The molecule has 4 rings (SSSR count). The minimum Gasteiger partial charge on any atom is -0.493 e. The van der Waals surface area contributed by atoms with Gasteiger partial charge in [0.05, 0.1) is 24.9 Å². The van der Waals surface area contributed by atoms with Crippen LogP contribution in [0.1, 0.15) is 19.3 Å². The molecule has 0 aliphatic carbocycles. The quantitative estimate of drug-likeness (QED) is 0.409. The van der Waals surface area contributed by atoms with Gasteiger partial charge in [0.15, 0.2) is 11.5 Å². The van der Waals surface area contributed by atoms with Crippen LogP contribution in [0.4, 0.5) is 15.8 Å². The topological polar surface area (TPSA) is 46.6 Å². The summed E-state index contributed by atoms with van der Waals surface area (Å²) in [5, 5.41) is 4.29. The maximum absolute atomic E-state index is 14.2. The van der Waals surface area contributed by atoms with Crippen LogP contribution < -0.4 is 14.8 Å². The van der Waals surface area contributed by atoms with Gasteiger partial charge < -0.3 is 19.7 Å². The lowest BCUT2D eigenvalue weighted by Crippen LogP contribution is -2.21. The van der Waals surface area contributed by atoms with Crippen molar-refractivity contribution in [3.05, 3.63) is 53.4 Å². The highest BCUT2D eigenvalue weighted by Crippen LogP contribution is 2.36. The number of aromatic nitrogens is 1. The third-order valence-electron chi connectivity index (χ3n) is 5.30. The summed E-state index contributed by atoms with van der Waals surface area (Å²) >= 11 is 5.85. The summed E-state index contributed by atoms with van der Waals surface area (Å²) in [7, 11) is 1.61. The first-order valence-corrected chi connectivity index (χ1v) is 10.6. The van der Waals surface area contributed by atoms with Gasteiger partial charge in [-0.25, -0.2) is 4.39 Å².